The smallest absolute Gasteiger partial charge is 0.258 e. The second-order valence-electron chi connectivity index (χ2n) is 12.4. The average molecular weight is 552 g/mol. The summed E-state index contributed by atoms with van der Waals surface area (Å²) < 4.78 is 29.6. The number of rotatable bonds is 7. The van der Waals surface area contributed by atoms with Gasteiger partial charge in [-0.3, -0.25) is 4.79 Å². The topological polar surface area (TPSA) is 63.1 Å². The van der Waals surface area contributed by atoms with Crippen LogP contribution in [0.25, 0.3) is 0 Å². The van der Waals surface area contributed by atoms with Crippen LogP contribution in [0.4, 0.5) is 14.5 Å². The number of benzene rings is 2. The summed E-state index contributed by atoms with van der Waals surface area (Å²) in [5.74, 6) is -1.11. The SMILES string of the molecule is Cn1cnnc1C1(c2cccc(N3Cc4c(Cl)cc(CNCC5CCC5)cc4C3=O)c2)CC2(CC(F)(F)C2)C1. The molecule has 6 nitrogen and oxygen atoms in total. The lowest BCUT2D eigenvalue weighted by Gasteiger charge is -2.62. The highest BCUT2D eigenvalue weighted by atomic mass is 35.5. The lowest BCUT2D eigenvalue weighted by Crippen LogP contribution is -2.61. The van der Waals surface area contributed by atoms with E-state index in [0.29, 0.717) is 36.5 Å². The van der Waals surface area contributed by atoms with E-state index in [4.69, 9.17) is 11.6 Å². The molecule has 9 heteroatoms. The van der Waals surface area contributed by atoms with Crippen molar-refractivity contribution in [3.8, 4) is 0 Å². The Labute approximate surface area is 231 Å². The number of nitrogens with zero attached hydrogens (tertiary/aromatic N) is 4. The van der Waals surface area contributed by atoms with Gasteiger partial charge in [-0.1, -0.05) is 30.2 Å². The number of amides is 1. The number of aromatic nitrogens is 3. The van der Waals surface area contributed by atoms with Gasteiger partial charge >= 0.3 is 0 Å². The maximum atomic E-state index is 13.9. The number of aryl methyl sites for hydroxylation is 1. The number of fused-ring (bicyclic) bond motifs is 1. The lowest BCUT2D eigenvalue weighted by atomic mass is 9.42. The molecule has 204 valence electrons. The zero-order valence-corrected chi connectivity index (χ0v) is 22.8. The van der Waals surface area contributed by atoms with Gasteiger partial charge in [0.15, 0.2) is 0 Å². The Morgan fingerprint density at radius 2 is 1.92 bits per heavy atom. The van der Waals surface area contributed by atoms with Crippen molar-refractivity contribution in [1.29, 1.82) is 0 Å². The van der Waals surface area contributed by atoms with Gasteiger partial charge in [0.2, 0.25) is 5.92 Å². The van der Waals surface area contributed by atoms with Crippen LogP contribution >= 0.6 is 11.6 Å². The molecule has 2 heterocycles. The monoisotopic (exact) mass is 551 g/mol. The third kappa shape index (κ3) is 4.10. The molecule has 1 aromatic heterocycles. The van der Waals surface area contributed by atoms with Crippen molar-refractivity contribution in [3.05, 3.63) is 75.8 Å². The van der Waals surface area contributed by atoms with Gasteiger partial charge in [-0.15, -0.1) is 10.2 Å². The molecular formula is C30H32ClF2N5O. The molecule has 4 aliphatic rings. The number of carbonyl (C=O) groups is 1. The Morgan fingerprint density at radius 3 is 2.59 bits per heavy atom. The maximum Gasteiger partial charge on any atom is 0.258 e. The highest BCUT2D eigenvalue weighted by Crippen LogP contribution is 2.70. The van der Waals surface area contributed by atoms with Crippen LogP contribution in [0.5, 0.6) is 0 Å². The highest BCUT2D eigenvalue weighted by molar-refractivity contribution is 6.32. The molecule has 0 bridgehead atoms. The van der Waals surface area contributed by atoms with E-state index in [1.54, 1.807) is 11.2 Å². The van der Waals surface area contributed by atoms with Crippen LogP contribution in [0.2, 0.25) is 5.02 Å². The summed E-state index contributed by atoms with van der Waals surface area (Å²) in [6, 6.07) is 11.8. The number of hydrogen-bond acceptors (Lipinski definition) is 4. The van der Waals surface area contributed by atoms with E-state index in [-0.39, 0.29) is 24.2 Å². The number of anilines is 1. The van der Waals surface area contributed by atoms with Crippen LogP contribution in [-0.4, -0.2) is 33.1 Å². The average Bonchev–Trinajstić information content (AvgIpc) is 3.41. The van der Waals surface area contributed by atoms with E-state index < -0.39 is 11.3 Å². The van der Waals surface area contributed by atoms with Gasteiger partial charge < -0.3 is 14.8 Å². The molecule has 1 spiro atoms. The van der Waals surface area contributed by atoms with Gasteiger partial charge in [-0.2, -0.15) is 0 Å². The minimum absolute atomic E-state index is 0.0682. The van der Waals surface area contributed by atoms with Gasteiger partial charge in [0, 0.05) is 48.3 Å². The normalized spacial score (nSPS) is 22.4. The Bertz CT molecular complexity index is 1450. The maximum absolute atomic E-state index is 13.9. The van der Waals surface area contributed by atoms with Crippen LogP contribution in [0.15, 0.2) is 42.7 Å². The molecule has 1 aliphatic heterocycles. The molecule has 0 saturated heterocycles. The Balaban J connectivity index is 1.15. The Hall–Kier alpha value is -2.84. The van der Waals surface area contributed by atoms with Gasteiger partial charge in [-0.25, -0.2) is 8.78 Å². The van der Waals surface area contributed by atoms with Crippen molar-refractivity contribution in [2.45, 2.75) is 69.4 Å². The van der Waals surface area contributed by atoms with Crippen LogP contribution < -0.4 is 10.2 Å². The highest BCUT2D eigenvalue weighted by Gasteiger charge is 2.68. The number of alkyl halides is 2. The molecule has 3 fully saturated rings. The second kappa shape index (κ2) is 8.83. The molecule has 0 atom stereocenters. The van der Waals surface area contributed by atoms with Gasteiger partial charge in [0.25, 0.3) is 5.91 Å². The summed E-state index contributed by atoms with van der Waals surface area (Å²) >= 11 is 6.68. The van der Waals surface area contributed by atoms with Crippen LogP contribution in [0.3, 0.4) is 0 Å². The van der Waals surface area contributed by atoms with Crippen molar-refractivity contribution < 1.29 is 13.6 Å². The fourth-order valence-corrected chi connectivity index (χ4v) is 7.85. The number of halogens is 3. The number of carbonyl (C=O) groups excluding carboxylic acids is 1. The van der Waals surface area contributed by atoms with Crippen LogP contribution in [-0.2, 0) is 25.6 Å². The van der Waals surface area contributed by atoms with Crippen LogP contribution in [0, 0.1) is 11.3 Å². The zero-order valence-electron chi connectivity index (χ0n) is 22.0. The first-order valence-corrected chi connectivity index (χ1v) is 14.2. The molecule has 2 aromatic carbocycles. The van der Waals surface area contributed by atoms with E-state index in [1.165, 1.54) is 19.3 Å². The van der Waals surface area contributed by atoms with E-state index in [9.17, 15) is 13.6 Å². The van der Waals surface area contributed by atoms with E-state index in [0.717, 1.165) is 40.7 Å². The van der Waals surface area contributed by atoms with E-state index >= 15 is 0 Å². The van der Waals surface area contributed by atoms with Gasteiger partial charge in [0.05, 0.1) is 12.0 Å². The van der Waals surface area contributed by atoms with Crippen molar-refractivity contribution in [1.82, 2.24) is 20.1 Å². The fraction of sp³-hybridized carbons (Fsp3) is 0.500. The molecule has 1 amide bonds. The fourth-order valence-electron chi connectivity index (χ4n) is 7.55. The summed E-state index contributed by atoms with van der Waals surface area (Å²) in [5.41, 5.74) is 3.39. The minimum atomic E-state index is -2.58. The molecule has 0 unspecified atom stereocenters. The quantitative estimate of drug-likeness (QED) is 0.390. The second-order valence-corrected chi connectivity index (χ2v) is 12.8. The summed E-state index contributed by atoms with van der Waals surface area (Å²) in [4.78, 5) is 15.4. The van der Waals surface area contributed by atoms with Crippen molar-refractivity contribution >= 4 is 23.2 Å². The summed E-state index contributed by atoms with van der Waals surface area (Å²) in [5, 5.41) is 12.6. The lowest BCUT2D eigenvalue weighted by molar-refractivity contribution is -0.209. The summed E-state index contributed by atoms with van der Waals surface area (Å²) in [6.45, 7) is 2.08. The van der Waals surface area contributed by atoms with E-state index in [2.05, 4.69) is 15.5 Å². The van der Waals surface area contributed by atoms with Crippen molar-refractivity contribution in [3.63, 3.8) is 0 Å². The summed E-state index contributed by atoms with van der Waals surface area (Å²) in [7, 11) is 1.89. The number of hydrogen-bond donors (Lipinski definition) is 1. The zero-order chi connectivity index (χ0) is 27.0. The molecule has 7 rings (SSSR count). The van der Waals surface area contributed by atoms with Gasteiger partial charge in [0.1, 0.15) is 12.2 Å². The Kier molecular flexibility index (Phi) is 5.69. The molecular weight excluding hydrogens is 520 g/mol. The molecule has 3 saturated carbocycles. The molecule has 39 heavy (non-hydrogen) atoms. The number of nitrogens with one attached hydrogen (secondary N) is 1. The van der Waals surface area contributed by atoms with Gasteiger partial charge in [-0.05, 0) is 79.0 Å². The first-order chi connectivity index (χ1) is 18.7. The third-order valence-electron chi connectivity index (χ3n) is 9.50. The molecule has 3 aliphatic carbocycles. The van der Waals surface area contributed by atoms with Crippen molar-refractivity contribution in [2.75, 3.05) is 11.4 Å². The first-order valence-electron chi connectivity index (χ1n) is 13.8. The van der Waals surface area contributed by atoms with Crippen molar-refractivity contribution in [2.24, 2.45) is 18.4 Å². The standard InChI is InChI=1S/C30H32ClF2N5O/c1-37-18-35-36-27(37)29(14-28(15-29)16-30(32,33)17-28)21-6-3-7-22(10-21)38-13-24-23(26(38)39)8-20(9-25(24)31)12-34-11-19-4-2-5-19/h3,6-10,18-19,34H,2,4-5,11-17H2,1H3. The molecule has 0 radical (unpaired) electrons. The largest absolute Gasteiger partial charge is 0.320 e. The van der Waals surface area contributed by atoms with E-state index in [1.807, 2.05) is 48.0 Å². The predicted molar refractivity (Wildman–Crippen MR) is 145 cm³/mol. The predicted octanol–water partition coefficient (Wildman–Crippen LogP) is 6.01. The summed E-state index contributed by atoms with van der Waals surface area (Å²) in [6.07, 6.45) is 6.60. The molecule has 1 N–H and O–H groups in total. The minimum Gasteiger partial charge on any atom is -0.320 e. The third-order valence-corrected chi connectivity index (χ3v) is 9.84. The van der Waals surface area contributed by atoms with Crippen LogP contribution in [0.1, 0.15) is 77.8 Å². The Morgan fingerprint density at radius 1 is 1.13 bits per heavy atom. The molecule has 3 aromatic rings. The first kappa shape index (κ1) is 25.1.